The Labute approximate surface area is 62.1 Å². The number of nitrogens with one attached hydrogen (secondary N) is 1. The van der Waals surface area contributed by atoms with E-state index < -0.39 is 0 Å². The summed E-state index contributed by atoms with van der Waals surface area (Å²) in [6, 6.07) is 0. The van der Waals surface area contributed by atoms with Crippen LogP contribution in [0.1, 0.15) is 27.7 Å². The Bertz CT molecular complexity index is 124. The van der Waals surface area contributed by atoms with Gasteiger partial charge in [0.25, 0.3) is 0 Å². The minimum absolute atomic E-state index is 0.0892. The van der Waals surface area contributed by atoms with Crippen LogP contribution in [0, 0.1) is 0 Å². The van der Waals surface area contributed by atoms with E-state index in [1.54, 1.807) is 6.92 Å². The fourth-order valence-corrected chi connectivity index (χ4v) is 0.428. The van der Waals surface area contributed by atoms with Crippen molar-refractivity contribution < 1.29 is 5.21 Å². The lowest BCUT2D eigenvalue weighted by molar-refractivity contribution is 0.316. The summed E-state index contributed by atoms with van der Waals surface area (Å²) in [5.41, 5.74) is 0.793. The predicted molar refractivity (Wildman–Crippen MR) is 42.7 cm³/mol. The van der Waals surface area contributed by atoms with Gasteiger partial charge in [-0.05, 0) is 27.7 Å². The Hall–Kier alpha value is -0.570. The van der Waals surface area contributed by atoms with Crippen molar-refractivity contribution in [2.24, 2.45) is 5.16 Å². The van der Waals surface area contributed by atoms with E-state index in [9.17, 15) is 0 Å². The second-order valence-electron chi connectivity index (χ2n) is 3.44. The third-order valence-corrected chi connectivity index (χ3v) is 1.05. The lowest BCUT2D eigenvalue weighted by Gasteiger charge is -2.19. The summed E-state index contributed by atoms with van der Waals surface area (Å²) >= 11 is 0. The van der Waals surface area contributed by atoms with Crippen molar-refractivity contribution in [3.63, 3.8) is 0 Å². The zero-order valence-electron chi connectivity index (χ0n) is 7.10. The topological polar surface area (TPSA) is 44.6 Å². The Balaban J connectivity index is 3.56. The molecular weight excluding hydrogens is 128 g/mol. The van der Waals surface area contributed by atoms with Crippen LogP contribution in [0.3, 0.4) is 0 Å². The van der Waals surface area contributed by atoms with Gasteiger partial charge in [0.15, 0.2) is 0 Å². The van der Waals surface area contributed by atoms with Crippen LogP contribution >= 0.6 is 0 Å². The van der Waals surface area contributed by atoms with E-state index in [-0.39, 0.29) is 5.54 Å². The molecule has 0 rings (SSSR count). The predicted octanol–water partition coefficient (Wildman–Crippen LogP) is 1.22. The molecule has 0 aliphatic carbocycles. The molecule has 0 amide bonds. The molecule has 0 radical (unpaired) electrons. The lowest BCUT2D eigenvalue weighted by Crippen LogP contribution is -2.38. The van der Waals surface area contributed by atoms with Gasteiger partial charge in [-0.3, -0.25) is 0 Å². The molecule has 0 aromatic heterocycles. The summed E-state index contributed by atoms with van der Waals surface area (Å²) < 4.78 is 0. The number of oxime groups is 1. The average Bonchev–Trinajstić information content (AvgIpc) is 1.81. The van der Waals surface area contributed by atoms with Gasteiger partial charge in [-0.25, -0.2) is 0 Å². The SMILES string of the molecule is C/C(CNC(C)(C)C)=N\O. The Morgan fingerprint density at radius 3 is 2.30 bits per heavy atom. The van der Waals surface area contributed by atoms with Crippen LogP contribution in [0.25, 0.3) is 0 Å². The molecule has 2 N–H and O–H groups in total. The molecule has 0 saturated carbocycles. The first-order valence-electron chi connectivity index (χ1n) is 3.38. The third kappa shape index (κ3) is 5.56. The van der Waals surface area contributed by atoms with Crippen molar-refractivity contribution >= 4 is 5.71 Å². The highest BCUT2D eigenvalue weighted by Crippen LogP contribution is 1.96. The largest absolute Gasteiger partial charge is 0.411 e. The summed E-state index contributed by atoms with van der Waals surface area (Å²) in [6.45, 7) is 8.62. The minimum atomic E-state index is 0.0892. The van der Waals surface area contributed by atoms with Crippen molar-refractivity contribution in [1.82, 2.24) is 5.32 Å². The standard InChI is InChI=1S/C7H16N2O/c1-6(9-10)5-8-7(2,3)4/h8,10H,5H2,1-4H3/b9-6+. The highest BCUT2D eigenvalue weighted by Gasteiger charge is 2.07. The number of hydrogen-bond donors (Lipinski definition) is 2. The monoisotopic (exact) mass is 144 g/mol. The van der Waals surface area contributed by atoms with Crippen molar-refractivity contribution in [2.75, 3.05) is 6.54 Å². The van der Waals surface area contributed by atoms with Gasteiger partial charge >= 0.3 is 0 Å². The normalized spacial score (nSPS) is 13.8. The van der Waals surface area contributed by atoms with Crippen LogP contribution in [0.15, 0.2) is 5.16 Å². The highest BCUT2D eigenvalue weighted by atomic mass is 16.4. The molecule has 0 heterocycles. The molecule has 3 heteroatoms. The molecule has 3 nitrogen and oxygen atoms in total. The Morgan fingerprint density at radius 1 is 1.50 bits per heavy atom. The van der Waals surface area contributed by atoms with E-state index in [0.29, 0.717) is 12.3 Å². The molecule has 0 bridgehead atoms. The quantitative estimate of drug-likeness (QED) is 0.348. The minimum Gasteiger partial charge on any atom is -0.411 e. The highest BCUT2D eigenvalue weighted by molar-refractivity contribution is 5.83. The van der Waals surface area contributed by atoms with E-state index in [4.69, 9.17) is 5.21 Å². The maximum atomic E-state index is 8.28. The van der Waals surface area contributed by atoms with E-state index in [0.717, 1.165) is 0 Å². The summed E-state index contributed by atoms with van der Waals surface area (Å²) in [4.78, 5) is 0. The molecule has 0 fully saturated rings. The molecule has 0 aromatic carbocycles. The number of rotatable bonds is 2. The summed E-state index contributed by atoms with van der Waals surface area (Å²) in [5, 5.41) is 14.5. The van der Waals surface area contributed by atoms with Crippen LogP contribution in [-0.4, -0.2) is 23.0 Å². The fourth-order valence-electron chi connectivity index (χ4n) is 0.428. The maximum absolute atomic E-state index is 8.28. The van der Waals surface area contributed by atoms with Crippen LogP contribution in [0.4, 0.5) is 0 Å². The average molecular weight is 144 g/mol. The van der Waals surface area contributed by atoms with Crippen molar-refractivity contribution in [3.8, 4) is 0 Å². The second-order valence-corrected chi connectivity index (χ2v) is 3.44. The van der Waals surface area contributed by atoms with Crippen molar-refractivity contribution in [2.45, 2.75) is 33.2 Å². The summed E-state index contributed by atoms with van der Waals surface area (Å²) in [7, 11) is 0. The Kier molecular flexibility index (Phi) is 3.36. The lowest BCUT2D eigenvalue weighted by atomic mass is 10.1. The van der Waals surface area contributed by atoms with E-state index in [2.05, 4.69) is 31.2 Å². The molecule has 0 atom stereocenters. The van der Waals surface area contributed by atoms with Gasteiger partial charge in [0.1, 0.15) is 0 Å². The first-order chi connectivity index (χ1) is 4.45. The van der Waals surface area contributed by atoms with E-state index in [1.165, 1.54) is 0 Å². The maximum Gasteiger partial charge on any atom is 0.0677 e. The molecule has 60 valence electrons. The third-order valence-electron chi connectivity index (χ3n) is 1.05. The molecule has 0 aliphatic heterocycles. The van der Waals surface area contributed by atoms with Gasteiger partial charge in [-0.15, -0.1) is 0 Å². The summed E-state index contributed by atoms with van der Waals surface area (Å²) in [6.07, 6.45) is 0. The fraction of sp³-hybridized carbons (Fsp3) is 0.857. The summed E-state index contributed by atoms with van der Waals surface area (Å²) in [5.74, 6) is 0. The number of hydrogen-bond acceptors (Lipinski definition) is 3. The van der Waals surface area contributed by atoms with E-state index >= 15 is 0 Å². The van der Waals surface area contributed by atoms with Gasteiger partial charge in [-0.2, -0.15) is 0 Å². The van der Waals surface area contributed by atoms with Gasteiger partial charge in [0, 0.05) is 12.1 Å². The van der Waals surface area contributed by atoms with Crippen LogP contribution in [0.5, 0.6) is 0 Å². The van der Waals surface area contributed by atoms with Gasteiger partial charge in [0.05, 0.1) is 5.71 Å². The molecule has 0 aliphatic rings. The van der Waals surface area contributed by atoms with Crippen molar-refractivity contribution in [1.29, 1.82) is 0 Å². The van der Waals surface area contributed by atoms with Gasteiger partial charge in [0.2, 0.25) is 0 Å². The zero-order valence-corrected chi connectivity index (χ0v) is 7.10. The second kappa shape index (κ2) is 3.56. The van der Waals surface area contributed by atoms with Crippen LogP contribution < -0.4 is 5.32 Å². The molecule has 0 saturated heterocycles. The molecule has 10 heavy (non-hydrogen) atoms. The smallest absolute Gasteiger partial charge is 0.0677 e. The number of nitrogens with zero attached hydrogens (tertiary/aromatic N) is 1. The first-order valence-corrected chi connectivity index (χ1v) is 3.38. The van der Waals surface area contributed by atoms with Crippen LogP contribution in [0.2, 0.25) is 0 Å². The van der Waals surface area contributed by atoms with Crippen LogP contribution in [-0.2, 0) is 0 Å². The van der Waals surface area contributed by atoms with E-state index in [1.807, 2.05) is 0 Å². The molecule has 0 unspecified atom stereocenters. The van der Waals surface area contributed by atoms with Crippen molar-refractivity contribution in [3.05, 3.63) is 0 Å². The van der Waals surface area contributed by atoms with Gasteiger partial charge < -0.3 is 10.5 Å². The molecular formula is C7H16N2O. The molecule has 0 spiro atoms. The zero-order chi connectivity index (χ0) is 8.20. The Morgan fingerprint density at radius 2 is 2.00 bits per heavy atom. The first kappa shape index (κ1) is 9.43. The molecule has 0 aromatic rings. The van der Waals surface area contributed by atoms with Gasteiger partial charge in [-0.1, -0.05) is 5.16 Å².